The number of benzene rings is 1. The van der Waals surface area contributed by atoms with E-state index in [0.717, 1.165) is 27.7 Å². The molecule has 3 nitrogen and oxygen atoms in total. The first-order chi connectivity index (χ1) is 9.24. The van der Waals surface area contributed by atoms with Gasteiger partial charge in [-0.05, 0) is 18.9 Å². The average molecular weight is 322 g/mol. The third kappa shape index (κ3) is 3.38. The Balaban J connectivity index is 2.21. The minimum Gasteiger partial charge on any atom is -0.382 e. The molecule has 2 rings (SSSR count). The van der Waals surface area contributed by atoms with Crippen LogP contribution in [0, 0.1) is 0 Å². The van der Waals surface area contributed by atoms with Crippen molar-refractivity contribution in [2.45, 2.75) is 39.0 Å². The summed E-state index contributed by atoms with van der Waals surface area (Å²) in [5.41, 5.74) is 9.30. The van der Waals surface area contributed by atoms with E-state index in [0.29, 0.717) is 5.82 Å². The molecule has 2 aromatic rings. The smallest absolute Gasteiger partial charge is 0.153 e. The maximum atomic E-state index is 6.01. The number of nitrogens with zero attached hydrogens (tertiary/aromatic N) is 1. The first-order valence-electron chi connectivity index (χ1n) is 6.81. The Labute approximate surface area is 122 Å². The Hall–Kier alpha value is -1.29. The van der Waals surface area contributed by atoms with Gasteiger partial charge >= 0.3 is 0 Å². The van der Waals surface area contributed by atoms with E-state index >= 15 is 0 Å². The zero-order valence-corrected chi connectivity index (χ0v) is 12.8. The molecule has 0 radical (unpaired) electrons. The van der Waals surface area contributed by atoms with Crippen molar-refractivity contribution in [1.82, 2.24) is 10.2 Å². The van der Waals surface area contributed by atoms with Gasteiger partial charge in [0.15, 0.2) is 5.82 Å². The molecule has 0 fully saturated rings. The first-order valence-corrected chi connectivity index (χ1v) is 7.61. The van der Waals surface area contributed by atoms with Crippen molar-refractivity contribution in [2.24, 2.45) is 0 Å². The number of hydrogen-bond donors (Lipinski definition) is 2. The van der Waals surface area contributed by atoms with Crippen molar-refractivity contribution in [3.8, 4) is 11.1 Å². The van der Waals surface area contributed by atoms with E-state index in [4.69, 9.17) is 5.73 Å². The molecule has 1 aromatic carbocycles. The third-order valence-electron chi connectivity index (χ3n) is 3.29. The van der Waals surface area contributed by atoms with Crippen LogP contribution in [0.5, 0.6) is 0 Å². The highest BCUT2D eigenvalue weighted by Gasteiger charge is 2.14. The van der Waals surface area contributed by atoms with Gasteiger partial charge in [0.25, 0.3) is 0 Å². The van der Waals surface area contributed by atoms with Crippen LogP contribution in [0.1, 0.15) is 38.3 Å². The van der Waals surface area contributed by atoms with Gasteiger partial charge in [-0.15, -0.1) is 0 Å². The molecule has 19 heavy (non-hydrogen) atoms. The highest BCUT2D eigenvalue weighted by Crippen LogP contribution is 2.34. The van der Waals surface area contributed by atoms with E-state index in [-0.39, 0.29) is 0 Å². The van der Waals surface area contributed by atoms with Crippen LogP contribution in [0.2, 0.25) is 0 Å². The van der Waals surface area contributed by atoms with E-state index in [1.165, 1.54) is 25.7 Å². The van der Waals surface area contributed by atoms with Gasteiger partial charge < -0.3 is 5.73 Å². The summed E-state index contributed by atoms with van der Waals surface area (Å²) in [6.45, 7) is 2.22. The number of aromatic nitrogens is 2. The summed E-state index contributed by atoms with van der Waals surface area (Å²) in [7, 11) is 0. The number of unbranched alkanes of at least 4 members (excludes halogenated alkanes) is 3. The second-order valence-corrected chi connectivity index (χ2v) is 5.61. The predicted molar refractivity (Wildman–Crippen MR) is 84.0 cm³/mol. The highest BCUT2D eigenvalue weighted by atomic mass is 79.9. The van der Waals surface area contributed by atoms with Gasteiger partial charge in [-0.3, -0.25) is 5.10 Å². The molecule has 0 aliphatic rings. The summed E-state index contributed by atoms with van der Waals surface area (Å²) in [6.07, 6.45) is 5.97. The van der Waals surface area contributed by atoms with E-state index in [1.807, 2.05) is 18.2 Å². The largest absolute Gasteiger partial charge is 0.382 e. The van der Waals surface area contributed by atoms with Crippen LogP contribution in [-0.2, 0) is 6.42 Å². The zero-order valence-electron chi connectivity index (χ0n) is 11.2. The van der Waals surface area contributed by atoms with E-state index in [2.05, 4.69) is 39.1 Å². The SMILES string of the molecule is CCCCCCc1[nH]nc(N)c1-c1ccccc1Br. The fourth-order valence-electron chi connectivity index (χ4n) is 2.27. The average Bonchev–Trinajstić information content (AvgIpc) is 2.77. The maximum Gasteiger partial charge on any atom is 0.153 e. The molecule has 102 valence electrons. The number of hydrogen-bond acceptors (Lipinski definition) is 2. The van der Waals surface area contributed by atoms with Crippen LogP contribution in [-0.4, -0.2) is 10.2 Å². The summed E-state index contributed by atoms with van der Waals surface area (Å²) >= 11 is 3.58. The first kappa shape index (κ1) is 14.1. The maximum absolute atomic E-state index is 6.01. The van der Waals surface area contributed by atoms with Crippen molar-refractivity contribution in [3.63, 3.8) is 0 Å². The molecule has 0 amide bonds. The number of aryl methyl sites for hydroxylation is 1. The second kappa shape index (κ2) is 6.75. The van der Waals surface area contributed by atoms with Gasteiger partial charge in [0.1, 0.15) is 0 Å². The molecule has 1 heterocycles. The molecule has 0 bridgehead atoms. The standard InChI is InChI=1S/C15H20BrN3/c1-2-3-4-5-10-13-14(15(17)19-18-13)11-8-6-7-9-12(11)16/h6-9H,2-5,10H2,1H3,(H3,17,18,19). The summed E-state index contributed by atoms with van der Waals surface area (Å²) in [5, 5.41) is 7.25. The fraction of sp³-hybridized carbons (Fsp3) is 0.400. The lowest BCUT2D eigenvalue weighted by Gasteiger charge is -2.06. The van der Waals surface area contributed by atoms with Gasteiger partial charge in [-0.2, -0.15) is 5.10 Å². The lowest BCUT2D eigenvalue weighted by Crippen LogP contribution is -1.92. The van der Waals surface area contributed by atoms with E-state index < -0.39 is 0 Å². The Bertz CT molecular complexity index is 534. The molecule has 1 aromatic heterocycles. The molecular formula is C15H20BrN3. The lowest BCUT2D eigenvalue weighted by atomic mass is 10.0. The lowest BCUT2D eigenvalue weighted by molar-refractivity contribution is 0.660. The number of H-pyrrole nitrogens is 1. The second-order valence-electron chi connectivity index (χ2n) is 4.75. The number of nitrogens with two attached hydrogens (primary N) is 1. The molecule has 0 atom stereocenters. The van der Waals surface area contributed by atoms with Crippen molar-refractivity contribution in [1.29, 1.82) is 0 Å². The molecule has 0 aliphatic carbocycles. The van der Waals surface area contributed by atoms with Gasteiger partial charge in [0.2, 0.25) is 0 Å². The van der Waals surface area contributed by atoms with Crippen molar-refractivity contribution < 1.29 is 0 Å². The third-order valence-corrected chi connectivity index (χ3v) is 3.98. The van der Waals surface area contributed by atoms with Crippen molar-refractivity contribution >= 4 is 21.7 Å². The molecule has 0 spiro atoms. The number of rotatable bonds is 6. The van der Waals surface area contributed by atoms with Crippen LogP contribution in [0.3, 0.4) is 0 Å². The Kier molecular flexibility index (Phi) is 5.02. The summed E-state index contributed by atoms with van der Waals surface area (Å²) in [5.74, 6) is 0.581. The van der Waals surface area contributed by atoms with Crippen LogP contribution in [0.4, 0.5) is 5.82 Å². The van der Waals surface area contributed by atoms with E-state index in [1.54, 1.807) is 0 Å². The normalized spacial score (nSPS) is 10.8. The molecule has 3 N–H and O–H groups in total. The molecule has 0 aliphatic heterocycles. The molecule has 0 saturated heterocycles. The van der Waals surface area contributed by atoms with Crippen LogP contribution < -0.4 is 5.73 Å². The number of aromatic amines is 1. The zero-order chi connectivity index (χ0) is 13.7. The highest BCUT2D eigenvalue weighted by molar-refractivity contribution is 9.10. The van der Waals surface area contributed by atoms with Crippen LogP contribution in [0.15, 0.2) is 28.7 Å². The molecule has 0 unspecified atom stereocenters. The molecule has 4 heteroatoms. The molecule has 0 saturated carbocycles. The Morgan fingerprint density at radius 1 is 1.21 bits per heavy atom. The van der Waals surface area contributed by atoms with Gasteiger partial charge in [0.05, 0.1) is 0 Å². The summed E-state index contributed by atoms with van der Waals surface area (Å²) in [4.78, 5) is 0. The quantitative estimate of drug-likeness (QED) is 0.767. The summed E-state index contributed by atoms with van der Waals surface area (Å²) in [6, 6.07) is 8.13. The number of halogens is 1. The predicted octanol–water partition coefficient (Wildman–Crippen LogP) is 4.54. The minimum atomic E-state index is 0.581. The topological polar surface area (TPSA) is 54.7 Å². The summed E-state index contributed by atoms with van der Waals surface area (Å²) < 4.78 is 1.05. The van der Waals surface area contributed by atoms with Gasteiger partial charge in [0, 0.05) is 21.3 Å². The Morgan fingerprint density at radius 2 is 2.00 bits per heavy atom. The van der Waals surface area contributed by atoms with Gasteiger partial charge in [-0.25, -0.2) is 0 Å². The van der Waals surface area contributed by atoms with E-state index in [9.17, 15) is 0 Å². The van der Waals surface area contributed by atoms with Crippen molar-refractivity contribution in [2.75, 3.05) is 5.73 Å². The van der Waals surface area contributed by atoms with Crippen LogP contribution in [0.25, 0.3) is 11.1 Å². The van der Waals surface area contributed by atoms with Crippen molar-refractivity contribution in [3.05, 3.63) is 34.4 Å². The molecular weight excluding hydrogens is 302 g/mol. The monoisotopic (exact) mass is 321 g/mol. The number of nitrogens with one attached hydrogen (secondary N) is 1. The number of nitrogen functional groups attached to an aromatic ring is 1. The fourth-order valence-corrected chi connectivity index (χ4v) is 2.75. The Morgan fingerprint density at radius 3 is 2.74 bits per heavy atom. The van der Waals surface area contributed by atoms with Gasteiger partial charge in [-0.1, -0.05) is 60.3 Å². The minimum absolute atomic E-state index is 0.581. The number of anilines is 1. The van der Waals surface area contributed by atoms with Crippen LogP contribution >= 0.6 is 15.9 Å².